The van der Waals surface area contributed by atoms with Gasteiger partial charge in [-0.2, -0.15) is 0 Å². The first-order valence-corrected chi connectivity index (χ1v) is 5.51. The number of halogens is 1. The Morgan fingerprint density at radius 2 is 2.00 bits per heavy atom. The molecule has 0 radical (unpaired) electrons. The van der Waals surface area contributed by atoms with Crippen LogP contribution in [0.5, 0.6) is 5.75 Å². The second kappa shape index (κ2) is 7.07. The molecule has 0 aromatic heterocycles. The molecule has 5 heteroatoms. The molecule has 1 aromatic rings. The molecule has 0 heterocycles. The second-order valence-corrected chi connectivity index (χ2v) is 4.62. The van der Waals surface area contributed by atoms with E-state index in [1.54, 1.807) is 7.11 Å². The summed E-state index contributed by atoms with van der Waals surface area (Å²) in [7, 11) is 1.68. The van der Waals surface area contributed by atoms with Gasteiger partial charge < -0.3 is 9.84 Å². The van der Waals surface area contributed by atoms with Crippen molar-refractivity contribution < 1.29 is 39.4 Å². The number of aliphatic hydroxyl groups is 1. The predicted molar refractivity (Wildman–Crippen MR) is 70.0 cm³/mol. The molecular weight excluding hydrogens is 278 g/mol. The fourth-order valence-electron chi connectivity index (χ4n) is 1.86. The second-order valence-electron chi connectivity index (χ2n) is 3.71. The monoisotopic (exact) mass is 294 g/mol. The molecule has 1 aliphatic carbocycles. The standard InChI is InChI=1S/C11H13BrO2.BH4.Na/c1-14-11-6-8(12)2-3-10(11)7-4-9(13)5-7;;/h2-3,6-7,9,13H,4-5H2,1H3;1H4;/q;-1;+1/t7-,9+;;. The van der Waals surface area contributed by atoms with E-state index < -0.39 is 0 Å². The Labute approximate surface area is 129 Å². The van der Waals surface area contributed by atoms with Crippen molar-refractivity contribution in [1.82, 2.24) is 0 Å². The van der Waals surface area contributed by atoms with Gasteiger partial charge in [0.1, 0.15) is 5.75 Å². The largest absolute Gasteiger partial charge is 1.00 e. The van der Waals surface area contributed by atoms with Crippen LogP contribution in [-0.4, -0.2) is 26.7 Å². The van der Waals surface area contributed by atoms with Gasteiger partial charge in [-0.3, -0.25) is 0 Å². The summed E-state index contributed by atoms with van der Waals surface area (Å²) < 4.78 is 6.33. The third-order valence-electron chi connectivity index (χ3n) is 2.75. The van der Waals surface area contributed by atoms with Crippen molar-refractivity contribution in [3.05, 3.63) is 28.2 Å². The SMILES string of the molecule is COc1cc(Br)ccc1[C@H]1C[C@@H](O)C1.[BH4-].[Na+]. The molecule has 1 aromatic carbocycles. The van der Waals surface area contributed by atoms with E-state index in [-0.39, 0.29) is 44.1 Å². The number of ether oxygens (including phenoxy) is 1. The third kappa shape index (κ3) is 3.51. The van der Waals surface area contributed by atoms with Crippen LogP contribution in [-0.2, 0) is 0 Å². The maximum Gasteiger partial charge on any atom is 1.00 e. The fraction of sp³-hybridized carbons (Fsp3) is 0.455. The number of rotatable bonds is 2. The summed E-state index contributed by atoms with van der Waals surface area (Å²) in [6.07, 6.45) is 1.60. The van der Waals surface area contributed by atoms with Crippen LogP contribution in [0, 0.1) is 0 Å². The molecular formula is C11H17BBrNaO2. The van der Waals surface area contributed by atoms with Crippen LogP contribution in [0.2, 0.25) is 0 Å². The topological polar surface area (TPSA) is 29.5 Å². The zero-order chi connectivity index (χ0) is 10.1. The Hall–Kier alpha value is 0.525. The first kappa shape index (κ1) is 16.5. The summed E-state index contributed by atoms with van der Waals surface area (Å²) in [5, 5.41) is 9.25. The molecule has 2 nitrogen and oxygen atoms in total. The van der Waals surface area contributed by atoms with Crippen LogP contribution in [0.4, 0.5) is 0 Å². The van der Waals surface area contributed by atoms with Crippen molar-refractivity contribution in [2.75, 3.05) is 7.11 Å². The Kier molecular flexibility index (Phi) is 7.30. The van der Waals surface area contributed by atoms with Crippen molar-refractivity contribution in [3.8, 4) is 5.75 Å². The minimum absolute atomic E-state index is 0. The number of aliphatic hydroxyl groups excluding tert-OH is 1. The van der Waals surface area contributed by atoms with Gasteiger partial charge in [-0.1, -0.05) is 30.4 Å². The smallest absolute Gasteiger partial charge is 0.496 e. The Morgan fingerprint density at radius 3 is 2.50 bits per heavy atom. The molecule has 0 spiro atoms. The average molecular weight is 295 g/mol. The Bertz CT molecular complexity index is 343. The minimum Gasteiger partial charge on any atom is -0.496 e. The summed E-state index contributed by atoms with van der Waals surface area (Å²) in [5.74, 6) is 1.38. The molecule has 2 rings (SSSR count). The molecule has 1 saturated carbocycles. The molecule has 1 N–H and O–H groups in total. The summed E-state index contributed by atoms with van der Waals surface area (Å²) in [6.45, 7) is 0. The number of hydrogen-bond donors (Lipinski definition) is 1. The minimum atomic E-state index is -0.117. The zero-order valence-corrected chi connectivity index (χ0v) is 12.6. The van der Waals surface area contributed by atoms with Crippen LogP contribution in [0.3, 0.4) is 0 Å². The summed E-state index contributed by atoms with van der Waals surface area (Å²) >= 11 is 3.41. The maximum atomic E-state index is 9.25. The van der Waals surface area contributed by atoms with Crippen molar-refractivity contribution >= 4 is 24.3 Å². The molecule has 0 unspecified atom stereocenters. The molecule has 0 atom stereocenters. The van der Waals surface area contributed by atoms with Gasteiger partial charge in [-0.15, -0.1) is 0 Å². The Morgan fingerprint density at radius 1 is 1.38 bits per heavy atom. The van der Waals surface area contributed by atoms with E-state index in [0.717, 1.165) is 23.1 Å². The normalized spacial score (nSPS) is 22.4. The van der Waals surface area contributed by atoms with Crippen molar-refractivity contribution in [3.63, 3.8) is 0 Å². The molecule has 1 fully saturated rings. The van der Waals surface area contributed by atoms with Crippen LogP contribution < -0.4 is 34.3 Å². The van der Waals surface area contributed by atoms with Crippen LogP contribution in [0.25, 0.3) is 0 Å². The zero-order valence-electron chi connectivity index (χ0n) is 9.03. The quantitative estimate of drug-likeness (QED) is 0.656. The number of benzene rings is 1. The van der Waals surface area contributed by atoms with Gasteiger partial charge in [0.05, 0.1) is 13.2 Å². The van der Waals surface area contributed by atoms with Gasteiger partial charge in [0.15, 0.2) is 0 Å². The number of hydrogen-bond acceptors (Lipinski definition) is 2. The van der Waals surface area contributed by atoms with E-state index in [9.17, 15) is 5.11 Å². The van der Waals surface area contributed by atoms with E-state index in [1.807, 2.05) is 12.1 Å². The maximum absolute atomic E-state index is 9.25. The molecule has 84 valence electrons. The Balaban J connectivity index is 0.00000112. The molecule has 0 saturated heterocycles. The van der Waals surface area contributed by atoms with Crippen molar-refractivity contribution in [2.24, 2.45) is 0 Å². The van der Waals surface area contributed by atoms with Gasteiger partial charge >= 0.3 is 29.6 Å². The number of methoxy groups -OCH3 is 1. The van der Waals surface area contributed by atoms with Crippen LogP contribution >= 0.6 is 15.9 Å². The summed E-state index contributed by atoms with van der Waals surface area (Å²) in [4.78, 5) is 0. The van der Waals surface area contributed by atoms with Gasteiger partial charge in [-0.05, 0) is 36.5 Å². The molecule has 0 amide bonds. The van der Waals surface area contributed by atoms with E-state index in [0.29, 0.717) is 5.92 Å². The molecule has 0 aliphatic heterocycles. The van der Waals surface area contributed by atoms with Gasteiger partial charge in [0, 0.05) is 4.47 Å². The molecule has 16 heavy (non-hydrogen) atoms. The van der Waals surface area contributed by atoms with Gasteiger partial charge in [-0.25, -0.2) is 0 Å². The average Bonchev–Trinajstić information content (AvgIpc) is 2.13. The van der Waals surface area contributed by atoms with E-state index in [1.165, 1.54) is 5.56 Å². The predicted octanol–water partition coefficient (Wildman–Crippen LogP) is -1.75. The van der Waals surface area contributed by atoms with Gasteiger partial charge in [0.2, 0.25) is 0 Å². The van der Waals surface area contributed by atoms with Crippen molar-refractivity contribution in [1.29, 1.82) is 0 Å². The van der Waals surface area contributed by atoms with E-state index >= 15 is 0 Å². The fourth-order valence-corrected chi connectivity index (χ4v) is 2.20. The van der Waals surface area contributed by atoms with Gasteiger partial charge in [0.25, 0.3) is 0 Å². The molecule has 1 aliphatic rings. The first-order valence-electron chi connectivity index (χ1n) is 4.72. The first-order chi connectivity index (χ1) is 6.70. The van der Waals surface area contributed by atoms with Crippen LogP contribution in [0.1, 0.15) is 24.3 Å². The summed E-state index contributed by atoms with van der Waals surface area (Å²) in [5.41, 5.74) is 1.21. The third-order valence-corrected chi connectivity index (χ3v) is 3.24. The summed E-state index contributed by atoms with van der Waals surface area (Å²) in [6, 6.07) is 6.06. The van der Waals surface area contributed by atoms with Crippen molar-refractivity contribution in [2.45, 2.75) is 24.9 Å². The van der Waals surface area contributed by atoms with Crippen LogP contribution in [0.15, 0.2) is 22.7 Å². The molecule has 0 bridgehead atoms. The van der Waals surface area contributed by atoms with E-state index in [2.05, 4.69) is 22.0 Å². The van der Waals surface area contributed by atoms with E-state index in [4.69, 9.17) is 4.74 Å².